The molecule has 0 saturated carbocycles. The van der Waals surface area contributed by atoms with Crippen molar-refractivity contribution in [2.75, 3.05) is 24.6 Å². The van der Waals surface area contributed by atoms with Crippen LogP contribution >= 0.6 is 0 Å². The second kappa shape index (κ2) is 7.66. The molecular weight excluding hydrogens is 402 g/mol. The zero-order chi connectivity index (χ0) is 21.5. The highest BCUT2D eigenvalue weighted by Crippen LogP contribution is 2.31. The van der Waals surface area contributed by atoms with Gasteiger partial charge >= 0.3 is 0 Å². The van der Waals surface area contributed by atoms with Crippen LogP contribution in [0.2, 0.25) is 0 Å². The molecule has 0 radical (unpaired) electrons. The predicted octanol–water partition coefficient (Wildman–Crippen LogP) is 3.59. The van der Waals surface area contributed by atoms with Crippen molar-refractivity contribution >= 4 is 17.0 Å². The van der Waals surface area contributed by atoms with Crippen molar-refractivity contribution in [1.82, 2.24) is 24.7 Å². The molecular formula is C22H20F2N6O. The lowest BCUT2D eigenvalue weighted by Gasteiger charge is -2.32. The molecule has 1 aromatic carbocycles. The third-order valence-corrected chi connectivity index (χ3v) is 5.32. The Morgan fingerprint density at radius 2 is 1.97 bits per heavy atom. The summed E-state index contributed by atoms with van der Waals surface area (Å²) >= 11 is 0. The summed E-state index contributed by atoms with van der Waals surface area (Å²) in [6, 6.07) is 7.12. The van der Waals surface area contributed by atoms with Gasteiger partial charge in [-0.15, -0.1) is 0 Å². The lowest BCUT2D eigenvalue weighted by molar-refractivity contribution is 0.0392. The lowest BCUT2D eigenvalue weighted by atomic mass is 10.1. The molecule has 0 N–H and O–H groups in total. The molecule has 0 amide bonds. The number of rotatable bonds is 3. The van der Waals surface area contributed by atoms with Gasteiger partial charge in [-0.1, -0.05) is 0 Å². The van der Waals surface area contributed by atoms with E-state index in [-0.39, 0.29) is 11.7 Å². The molecule has 1 aliphatic rings. The van der Waals surface area contributed by atoms with Crippen LogP contribution in [0.3, 0.4) is 0 Å². The smallest absolute Gasteiger partial charge is 0.228 e. The summed E-state index contributed by atoms with van der Waals surface area (Å²) in [5.74, 6) is -0.885. The molecule has 1 aliphatic heterocycles. The molecule has 0 unspecified atom stereocenters. The first-order valence-corrected chi connectivity index (χ1v) is 9.94. The van der Waals surface area contributed by atoms with Crippen LogP contribution in [0.4, 0.5) is 14.7 Å². The van der Waals surface area contributed by atoms with Crippen molar-refractivity contribution in [3.8, 4) is 11.3 Å². The summed E-state index contributed by atoms with van der Waals surface area (Å²) < 4.78 is 35.8. The zero-order valence-electron chi connectivity index (χ0n) is 17.1. The molecule has 1 saturated heterocycles. The van der Waals surface area contributed by atoms with Crippen LogP contribution in [-0.4, -0.2) is 44.4 Å². The van der Waals surface area contributed by atoms with Gasteiger partial charge in [0, 0.05) is 48.1 Å². The van der Waals surface area contributed by atoms with Gasteiger partial charge in [-0.05, 0) is 31.2 Å². The molecule has 7 nitrogen and oxygen atoms in total. The number of ether oxygens (including phenoxy) is 1. The number of nitrogens with zero attached hydrogens (tertiary/aromatic N) is 6. The van der Waals surface area contributed by atoms with Crippen LogP contribution in [0, 0.1) is 18.6 Å². The van der Waals surface area contributed by atoms with E-state index in [0.717, 1.165) is 17.3 Å². The van der Waals surface area contributed by atoms with Gasteiger partial charge in [0.05, 0.1) is 25.0 Å². The number of hydrogen-bond acceptors (Lipinski definition) is 6. The highest BCUT2D eigenvalue weighted by Gasteiger charge is 2.26. The van der Waals surface area contributed by atoms with E-state index in [4.69, 9.17) is 4.74 Å². The zero-order valence-corrected chi connectivity index (χ0v) is 17.1. The predicted molar refractivity (Wildman–Crippen MR) is 112 cm³/mol. The van der Waals surface area contributed by atoms with E-state index < -0.39 is 11.6 Å². The van der Waals surface area contributed by atoms with E-state index in [0.29, 0.717) is 42.4 Å². The molecule has 3 aromatic heterocycles. The van der Waals surface area contributed by atoms with Crippen molar-refractivity contribution in [1.29, 1.82) is 0 Å². The van der Waals surface area contributed by atoms with E-state index in [1.807, 2.05) is 37.2 Å². The molecule has 0 bridgehead atoms. The van der Waals surface area contributed by atoms with Crippen LogP contribution in [-0.2, 0) is 11.8 Å². The summed E-state index contributed by atoms with van der Waals surface area (Å²) in [5, 5.41) is 4.82. The number of halogens is 2. The van der Waals surface area contributed by atoms with Gasteiger partial charge in [0.25, 0.3) is 0 Å². The molecule has 0 aliphatic carbocycles. The summed E-state index contributed by atoms with van der Waals surface area (Å²) in [7, 11) is 1.86. The number of morpholine rings is 1. The Morgan fingerprint density at radius 1 is 1.10 bits per heavy atom. The minimum atomic E-state index is -0.679. The standard InChI is InChI=1S/C22H20F2N6O/c1-13-3-5-17-20(16-6-4-15(23)9-18(16)24)27-22(28-21(17)26-13)30-7-8-31-19(12-30)14-10-25-29(2)11-14/h3-6,9-11,19H,7-8,12H2,1-2H3/t19-/m0/s1. The fraction of sp³-hybridized carbons (Fsp3) is 0.273. The maximum atomic E-state index is 14.6. The van der Waals surface area contributed by atoms with E-state index >= 15 is 0 Å². The van der Waals surface area contributed by atoms with Gasteiger partial charge in [-0.2, -0.15) is 10.1 Å². The second-order valence-corrected chi connectivity index (χ2v) is 7.57. The van der Waals surface area contributed by atoms with Crippen LogP contribution in [0.1, 0.15) is 17.4 Å². The molecule has 4 aromatic rings. The highest BCUT2D eigenvalue weighted by atomic mass is 19.1. The Labute approximate surface area is 177 Å². The Kier molecular flexibility index (Phi) is 4.82. The molecule has 31 heavy (non-hydrogen) atoms. The van der Waals surface area contributed by atoms with Crippen molar-refractivity contribution in [3.05, 3.63) is 65.6 Å². The Bertz CT molecular complexity index is 1270. The van der Waals surface area contributed by atoms with Gasteiger partial charge in [0.15, 0.2) is 5.65 Å². The largest absolute Gasteiger partial charge is 0.370 e. The van der Waals surface area contributed by atoms with Crippen molar-refractivity contribution in [3.63, 3.8) is 0 Å². The van der Waals surface area contributed by atoms with Crippen molar-refractivity contribution in [2.45, 2.75) is 13.0 Å². The van der Waals surface area contributed by atoms with Gasteiger partial charge in [-0.25, -0.2) is 18.7 Å². The number of pyridine rings is 1. The Hall–Kier alpha value is -3.46. The maximum absolute atomic E-state index is 14.6. The van der Waals surface area contributed by atoms with E-state index in [1.54, 1.807) is 10.9 Å². The molecule has 158 valence electrons. The highest BCUT2D eigenvalue weighted by molar-refractivity contribution is 5.91. The average Bonchev–Trinajstić information content (AvgIpc) is 3.19. The number of anilines is 1. The van der Waals surface area contributed by atoms with Crippen LogP contribution in [0.15, 0.2) is 42.7 Å². The molecule has 9 heteroatoms. The number of fused-ring (bicyclic) bond motifs is 1. The summed E-state index contributed by atoms with van der Waals surface area (Å²) in [6.45, 7) is 3.46. The lowest BCUT2D eigenvalue weighted by Crippen LogP contribution is -2.39. The maximum Gasteiger partial charge on any atom is 0.228 e. The Morgan fingerprint density at radius 3 is 2.74 bits per heavy atom. The first-order valence-electron chi connectivity index (χ1n) is 9.94. The first-order chi connectivity index (χ1) is 15.0. The van der Waals surface area contributed by atoms with Crippen molar-refractivity contribution in [2.24, 2.45) is 7.05 Å². The van der Waals surface area contributed by atoms with Crippen LogP contribution < -0.4 is 4.90 Å². The minimum absolute atomic E-state index is 0.182. The van der Waals surface area contributed by atoms with E-state index in [9.17, 15) is 8.78 Å². The number of aromatic nitrogens is 5. The average molecular weight is 422 g/mol. The first kappa shape index (κ1) is 19.5. The summed E-state index contributed by atoms with van der Waals surface area (Å²) in [5.41, 5.74) is 2.81. The SMILES string of the molecule is Cc1ccc2c(-c3ccc(F)cc3F)nc(N3CCO[C@H](c4cnn(C)c4)C3)nc2n1. The summed E-state index contributed by atoms with van der Waals surface area (Å²) in [4.78, 5) is 15.9. The third kappa shape index (κ3) is 3.72. The van der Waals surface area contributed by atoms with Gasteiger partial charge in [0.2, 0.25) is 5.95 Å². The fourth-order valence-electron chi connectivity index (χ4n) is 3.76. The molecule has 0 spiro atoms. The van der Waals surface area contributed by atoms with Gasteiger partial charge in [-0.3, -0.25) is 4.68 Å². The normalized spacial score (nSPS) is 16.8. The molecule has 4 heterocycles. The van der Waals surface area contributed by atoms with Crippen LogP contribution in [0.5, 0.6) is 0 Å². The van der Waals surface area contributed by atoms with Crippen molar-refractivity contribution < 1.29 is 13.5 Å². The quantitative estimate of drug-likeness (QED) is 0.503. The molecule has 5 rings (SSSR count). The second-order valence-electron chi connectivity index (χ2n) is 7.57. The van der Waals surface area contributed by atoms with E-state index in [2.05, 4.69) is 20.1 Å². The number of aryl methyl sites for hydroxylation is 2. The van der Waals surface area contributed by atoms with Gasteiger partial charge < -0.3 is 9.64 Å². The Balaban J connectivity index is 1.60. The van der Waals surface area contributed by atoms with Gasteiger partial charge in [0.1, 0.15) is 17.7 Å². The molecule has 1 fully saturated rings. The minimum Gasteiger partial charge on any atom is -0.370 e. The monoisotopic (exact) mass is 422 g/mol. The van der Waals surface area contributed by atoms with E-state index in [1.165, 1.54) is 12.1 Å². The topological polar surface area (TPSA) is 69.0 Å². The number of benzene rings is 1. The van der Waals surface area contributed by atoms with Crippen LogP contribution in [0.25, 0.3) is 22.3 Å². The molecule has 1 atom stereocenters. The number of hydrogen-bond donors (Lipinski definition) is 0. The summed E-state index contributed by atoms with van der Waals surface area (Å²) in [6.07, 6.45) is 3.51. The third-order valence-electron chi connectivity index (χ3n) is 5.32. The fourth-order valence-corrected chi connectivity index (χ4v) is 3.76.